The average molecular weight is 406 g/mol. The molecule has 156 valence electrons. The molecule has 1 aromatic heterocycles. The molecule has 2 aromatic carbocycles. The van der Waals surface area contributed by atoms with E-state index in [1.54, 1.807) is 6.07 Å². The van der Waals surface area contributed by atoms with Gasteiger partial charge in [-0.25, -0.2) is 9.37 Å². The zero-order valence-corrected chi connectivity index (χ0v) is 17.9. The largest absolute Gasteiger partial charge is 0.327 e. The Morgan fingerprint density at radius 3 is 2.73 bits per heavy atom. The van der Waals surface area contributed by atoms with Crippen LogP contribution in [0.3, 0.4) is 0 Å². The molecule has 30 heavy (non-hydrogen) atoms. The van der Waals surface area contributed by atoms with Crippen molar-refractivity contribution in [1.29, 1.82) is 0 Å². The Kier molecular flexibility index (Phi) is 5.71. The van der Waals surface area contributed by atoms with Gasteiger partial charge in [-0.2, -0.15) is 0 Å². The van der Waals surface area contributed by atoms with Crippen molar-refractivity contribution in [3.8, 4) is 11.4 Å². The Morgan fingerprint density at radius 2 is 1.97 bits per heavy atom. The van der Waals surface area contributed by atoms with Crippen molar-refractivity contribution in [3.05, 3.63) is 70.8 Å². The molecule has 0 aliphatic carbocycles. The van der Waals surface area contributed by atoms with Crippen molar-refractivity contribution in [1.82, 2.24) is 9.55 Å². The van der Waals surface area contributed by atoms with Crippen LogP contribution >= 0.6 is 0 Å². The smallest absolute Gasteiger partial charge is 0.278 e. The first-order valence-electron chi connectivity index (χ1n) is 10.7. The normalized spacial score (nSPS) is 13.6. The average Bonchev–Trinajstić information content (AvgIpc) is 2.92. The summed E-state index contributed by atoms with van der Waals surface area (Å²) in [5.74, 6) is 0.309. The summed E-state index contributed by atoms with van der Waals surface area (Å²) < 4.78 is 16.0. The van der Waals surface area contributed by atoms with Crippen LogP contribution in [0.5, 0.6) is 0 Å². The van der Waals surface area contributed by atoms with Crippen LogP contribution in [0, 0.1) is 19.7 Å². The van der Waals surface area contributed by atoms with E-state index in [0.29, 0.717) is 23.6 Å². The predicted octanol–water partition coefficient (Wildman–Crippen LogP) is 5.70. The molecule has 0 atom stereocenters. The SMILES string of the molecule is CCN(C(=O)c1nc(-c2cccc(F)c2)n2c1CCCCC2)c1cc(C)ccc1C. The van der Waals surface area contributed by atoms with Crippen molar-refractivity contribution in [2.75, 3.05) is 11.4 Å². The van der Waals surface area contributed by atoms with Gasteiger partial charge in [-0.05, 0) is 69.4 Å². The zero-order valence-electron chi connectivity index (χ0n) is 17.9. The maximum atomic E-state index is 13.9. The molecule has 0 spiro atoms. The molecule has 4 nitrogen and oxygen atoms in total. The quantitative estimate of drug-likeness (QED) is 0.558. The number of anilines is 1. The zero-order chi connectivity index (χ0) is 21.3. The van der Waals surface area contributed by atoms with Gasteiger partial charge in [-0.3, -0.25) is 4.79 Å². The van der Waals surface area contributed by atoms with Gasteiger partial charge in [-0.15, -0.1) is 0 Å². The number of imidazole rings is 1. The van der Waals surface area contributed by atoms with Crippen molar-refractivity contribution < 1.29 is 9.18 Å². The highest BCUT2D eigenvalue weighted by atomic mass is 19.1. The van der Waals surface area contributed by atoms with Crippen LogP contribution in [0.4, 0.5) is 10.1 Å². The lowest BCUT2D eigenvalue weighted by molar-refractivity contribution is 0.0982. The van der Waals surface area contributed by atoms with E-state index in [4.69, 9.17) is 4.98 Å². The summed E-state index contributed by atoms with van der Waals surface area (Å²) >= 11 is 0. The highest BCUT2D eigenvalue weighted by Crippen LogP contribution is 2.30. The summed E-state index contributed by atoms with van der Waals surface area (Å²) in [6.45, 7) is 7.41. The lowest BCUT2D eigenvalue weighted by atomic mass is 10.1. The van der Waals surface area contributed by atoms with Gasteiger partial charge in [0.05, 0.1) is 5.69 Å². The van der Waals surface area contributed by atoms with Gasteiger partial charge in [0.1, 0.15) is 11.6 Å². The Morgan fingerprint density at radius 1 is 1.13 bits per heavy atom. The van der Waals surface area contributed by atoms with Gasteiger partial charge in [-0.1, -0.05) is 30.7 Å². The summed E-state index contributed by atoms with van der Waals surface area (Å²) in [4.78, 5) is 20.3. The van der Waals surface area contributed by atoms with E-state index in [2.05, 4.69) is 16.7 Å². The molecule has 0 saturated heterocycles. The Hall–Kier alpha value is -2.95. The Labute approximate surface area is 177 Å². The van der Waals surface area contributed by atoms with E-state index < -0.39 is 0 Å². The third kappa shape index (κ3) is 3.76. The molecule has 0 N–H and O–H groups in total. The van der Waals surface area contributed by atoms with Gasteiger partial charge in [0, 0.05) is 24.3 Å². The molecule has 1 aliphatic rings. The molecule has 1 amide bonds. The number of carbonyl (C=O) groups excluding carboxylic acids is 1. The summed E-state index contributed by atoms with van der Waals surface area (Å²) in [5.41, 5.74) is 5.29. The number of fused-ring (bicyclic) bond motifs is 1. The first-order chi connectivity index (χ1) is 14.5. The fourth-order valence-electron chi connectivity index (χ4n) is 4.30. The summed E-state index contributed by atoms with van der Waals surface area (Å²) in [5, 5.41) is 0. The first-order valence-corrected chi connectivity index (χ1v) is 10.7. The third-order valence-electron chi connectivity index (χ3n) is 5.87. The molecule has 0 fully saturated rings. The molecule has 0 radical (unpaired) electrons. The molecular formula is C25H28FN3O. The molecular weight excluding hydrogens is 377 g/mol. The minimum atomic E-state index is -0.295. The van der Waals surface area contributed by atoms with Crippen molar-refractivity contribution in [2.45, 2.75) is 53.0 Å². The number of aryl methyl sites for hydroxylation is 2. The fraction of sp³-hybridized carbons (Fsp3) is 0.360. The van der Waals surface area contributed by atoms with Crippen molar-refractivity contribution >= 4 is 11.6 Å². The number of benzene rings is 2. The number of aromatic nitrogens is 2. The van der Waals surface area contributed by atoms with Crippen LogP contribution in [0.2, 0.25) is 0 Å². The van der Waals surface area contributed by atoms with E-state index in [1.165, 1.54) is 12.1 Å². The second kappa shape index (κ2) is 8.42. The van der Waals surface area contributed by atoms with Gasteiger partial charge in [0.2, 0.25) is 0 Å². The van der Waals surface area contributed by atoms with Crippen LogP contribution in [0.1, 0.15) is 53.5 Å². The highest BCUT2D eigenvalue weighted by molar-refractivity contribution is 6.06. The summed E-state index contributed by atoms with van der Waals surface area (Å²) in [7, 11) is 0. The number of carbonyl (C=O) groups is 1. The van der Waals surface area contributed by atoms with Crippen LogP contribution in [-0.2, 0) is 13.0 Å². The molecule has 2 heterocycles. The number of hydrogen-bond acceptors (Lipinski definition) is 2. The topological polar surface area (TPSA) is 38.1 Å². The van der Waals surface area contributed by atoms with E-state index in [-0.39, 0.29) is 11.7 Å². The first kappa shape index (κ1) is 20.3. The predicted molar refractivity (Wildman–Crippen MR) is 118 cm³/mol. The number of nitrogens with zero attached hydrogens (tertiary/aromatic N) is 3. The van der Waals surface area contributed by atoms with E-state index in [0.717, 1.165) is 54.7 Å². The molecule has 0 saturated carbocycles. The Balaban J connectivity index is 1.83. The molecule has 4 rings (SSSR count). The van der Waals surface area contributed by atoms with Gasteiger partial charge >= 0.3 is 0 Å². The summed E-state index contributed by atoms with van der Waals surface area (Å²) in [6, 6.07) is 12.6. The fourth-order valence-corrected chi connectivity index (χ4v) is 4.30. The van der Waals surface area contributed by atoms with Crippen LogP contribution < -0.4 is 4.90 Å². The maximum absolute atomic E-state index is 13.9. The van der Waals surface area contributed by atoms with Gasteiger partial charge in [0.15, 0.2) is 5.69 Å². The lowest BCUT2D eigenvalue weighted by Gasteiger charge is -2.23. The van der Waals surface area contributed by atoms with Crippen LogP contribution in [-0.4, -0.2) is 22.0 Å². The Bertz CT molecular complexity index is 1090. The van der Waals surface area contributed by atoms with Gasteiger partial charge in [0.25, 0.3) is 5.91 Å². The number of rotatable bonds is 4. The number of hydrogen-bond donors (Lipinski definition) is 0. The van der Waals surface area contributed by atoms with E-state index in [9.17, 15) is 9.18 Å². The molecule has 0 unspecified atom stereocenters. The summed E-state index contributed by atoms with van der Waals surface area (Å²) in [6.07, 6.45) is 4.00. The lowest BCUT2D eigenvalue weighted by Crippen LogP contribution is -2.32. The molecule has 0 bridgehead atoms. The van der Waals surface area contributed by atoms with Crippen molar-refractivity contribution in [3.63, 3.8) is 0 Å². The third-order valence-corrected chi connectivity index (χ3v) is 5.87. The standard InChI is InChI=1S/C25H28FN3O/c1-4-28(22-15-17(2)12-13-18(22)3)25(30)23-21-11-6-5-7-14-29(21)24(27-23)19-9-8-10-20(26)16-19/h8-10,12-13,15-16H,4-7,11,14H2,1-3H3. The number of halogens is 1. The van der Waals surface area contributed by atoms with E-state index >= 15 is 0 Å². The molecule has 5 heteroatoms. The highest BCUT2D eigenvalue weighted by Gasteiger charge is 2.28. The second-order valence-corrected chi connectivity index (χ2v) is 8.04. The maximum Gasteiger partial charge on any atom is 0.278 e. The van der Waals surface area contributed by atoms with E-state index in [1.807, 2.05) is 37.8 Å². The monoisotopic (exact) mass is 405 g/mol. The van der Waals surface area contributed by atoms with Gasteiger partial charge < -0.3 is 9.47 Å². The van der Waals surface area contributed by atoms with Crippen LogP contribution in [0.15, 0.2) is 42.5 Å². The second-order valence-electron chi connectivity index (χ2n) is 8.04. The van der Waals surface area contributed by atoms with Crippen molar-refractivity contribution in [2.24, 2.45) is 0 Å². The minimum Gasteiger partial charge on any atom is -0.327 e. The molecule has 1 aliphatic heterocycles. The minimum absolute atomic E-state index is 0.0838. The van der Waals surface area contributed by atoms with Crippen LogP contribution in [0.25, 0.3) is 11.4 Å². The molecule has 3 aromatic rings. The number of amides is 1.